The van der Waals surface area contributed by atoms with Crippen LogP contribution in [0.15, 0.2) is 33.9 Å². The number of benzene rings is 1. The number of hydrogen-bond donors (Lipinski definition) is 0. The Morgan fingerprint density at radius 1 is 0.926 bits per heavy atom. The van der Waals surface area contributed by atoms with Gasteiger partial charge in [-0.05, 0) is 37.8 Å². The van der Waals surface area contributed by atoms with Gasteiger partial charge in [0.05, 0.1) is 0 Å². The highest BCUT2D eigenvalue weighted by Crippen LogP contribution is 2.36. The van der Waals surface area contributed by atoms with Gasteiger partial charge in [0.2, 0.25) is 5.43 Å². The minimum atomic E-state index is -0.154. The Morgan fingerprint density at radius 3 is 2.41 bits per heavy atom. The van der Waals surface area contributed by atoms with Gasteiger partial charge in [-0.1, -0.05) is 44.2 Å². The summed E-state index contributed by atoms with van der Waals surface area (Å²) in [5.74, 6) is 1.30. The Morgan fingerprint density at radius 2 is 1.63 bits per heavy atom. The number of hydrogen-bond acceptors (Lipinski definition) is 4. The van der Waals surface area contributed by atoms with Crippen molar-refractivity contribution in [1.82, 2.24) is 9.55 Å². The maximum Gasteiger partial charge on any atom is 0.266 e. The van der Waals surface area contributed by atoms with Crippen molar-refractivity contribution < 1.29 is 0 Å². The average Bonchev–Trinajstić information content (AvgIpc) is 3.22. The van der Waals surface area contributed by atoms with Crippen molar-refractivity contribution in [1.29, 1.82) is 0 Å². The van der Waals surface area contributed by atoms with Gasteiger partial charge in [-0.3, -0.25) is 14.2 Å². The first-order chi connectivity index (χ1) is 13.2. The van der Waals surface area contributed by atoms with Gasteiger partial charge >= 0.3 is 0 Å². The third kappa shape index (κ3) is 2.83. The molecule has 0 radical (unpaired) electrons. The van der Waals surface area contributed by atoms with Crippen molar-refractivity contribution in [3.8, 4) is 0 Å². The normalized spacial score (nSPS) is 19.3. The lowest BCUT2D eigenvalue weighted by Gasteiger charge is -2.27. The molecule has 2 aliphatic rings. The van der Waals surface area contributed by atoms with Crippen LogP contribution in [0.4, 0.5) is 0 Å². The third-order valence-electron chi connectivity index (χ3n) is 6.33. The van der Waals surface area contributed by atoms with Gasteiger partial charge in [0.15, 0.2) is 0 Å². The zero-order valence-electron chi connectivity index (χ0n) is 15.4. The molecule has 2 heterocycles. The van der Waals surface area contributed by atoms with Gasteiger partial charge in [-0.2, -0.15) is 0 Å². The Hall–Kier alpha value is -2.01. The molecule has 2 aliphatic carbocycles. The fourth-order valence-electron chi connectivity index (χ4n) is 4.94. The van der Waals surface area contributed by atoms with Crippen LogP contribution < -0.4 is 11.0 Å². The summed E-state index contributed by atoms with van der Waals surface area (Å²) >= 11 is 1.48. The zero-order chi connectivity index (χ0) is 18.4. The molecule has 1 aromatic carbocycles. The van der Waals surface area contributed by atoms with Crippen LogP contribution in [0.25, 0.3) is 20.3 Å². The monoisotopic (exact) mass is 380 g/mol. The molecule has 0 spiro atoms. The van der Waals surface area contributed by atoms with Crippen molar-refractivity contribution in [2.75, 3.05) is 0 Å². The zero-order valence-corrected chi connectivity index (χ0v) is 16.3. The average molecular weight is 381 g/mol. The molecule has 5 rings (SSSR count). The molecule has 0 amide bonds. The Labute approximate surface area is 161 Å². The standard InChI is InChI=1S/C22H24N2O2S/c25-19-16-12-6-7-13-17(16)27-21-18(19)22(26)24(15-10-4-5-11-15)20(23-21)14-8-2-1-3-9-14/h6-7,12-15H,1-5,8-11H2. The summed E-state index contributed by atoms with van der Waals surface area (Å²) in [5.41, 5.74) is -0.252. The van der Waals surface area contributed by atoms with Crippen LogP contribution in [0, 0.1) is 0 Å². The Bertz CT molecular complexity index is 1120. The summed E-state index contributed by atoms with van der Waals surface area (Å²) in [4.78, 5) is 32.3. The van der Waals surface area contributed by atoms with Crippen LogP contribution in [-0.4, -0.2) is 9.55 Å². The molecule has 0 atom stereocenters. The summed E-state index contributed by atoms with van der Waals surface area (Å²) in [6.45, 7) is 0. The predicted octanol–water partition coefficient (Wildman–Crippen LogP) is 5.13. The largest absolute Gasteiger partial charge is 0.293 e. The molecular weight excluding hydrogens is 356 g/mol. The molecule has 5 heteroatoms. The lowest BCUT2D eigenvalue weighted by Crippen LogP contribution is -2.32. The van der Waals surface area contributed by atoms with E-state index in [9.17, 15) is 9.59 Å². The minimum Gasteiger partial charge on any atom is -0.293 e. The molecule has 2 aromatic heterocycles. The van der Waals surface area contributed by atoms with E-state index in [2.05, 4.69) is 0 Å². The second kappa shape index (κ2) is 6.86. The molecular formula is C22H24N2O2S. The van der Waals surface area contributed by atoms with E-state index in [1.165, 1.54) is 30.6 Å². The summed E-state index contributed by atoms with van der Waals surface area (Å²) in [6.07, 6.45) is 10.3. The Balaban J connectivity index is 1.83. The maximum atomic E-state index is 13.6. The van der Waals surface area contributed by atoms with E-state index in [0.29, 0.717) is 21.5 Å². The molecule has 140 valence electrons. The van der Waals surface area contributed by atoms with Gasteiger partial charge < -0.3 is 0 Å². The smallest absolute Gasteiger partial charge is 0.266 e. The molecule has 3 aromatic rings. The quantitative estimate of drug-likeness (QED) is 0.579. The van der Waals surface area contributed by atoms with Crippen LogP contribution in [0.2, 0.25) is 0 Å². The highest BCUT2D eigenvalue weighted by Gasteiger charge is 2.28. The minimum absolute atomic E-state index is 0.0977. The molecule has 0 unspecified atom stereocenters. The van der Waals surface area contributed by atoms with E-state index < -0.39 is 0 Å². The van der Waals surface area contributed by atoms with Crippen molar-refractivity contribution in [3.05, 3.63) is 50.7 Å². The van der Waals surface area contributed by atoms with Crippen molar-refractivity contribution in [2.45, 2.75) is 69.7 Å². The summed E-state index contributed by atoms with van der Waals surface area (Å²) < 4.78 is 2.85. The highest BCUT2D eigenvalue weighted by molar-refractivity contribution is 7.24. The van der Waals surface area contributed by atoms with Gasteiger partial charge in [-0.25, -0.2) is 4.98 Å². The van der Waals surface area contributed by atoms with E-state index in [1.54, 1.807) is 0 Å². The number of fused-ring (bicyclic) bond motifs is 2. The van der Waals surface area contributed by atoms with E-state index >= 15 is 0 Å². The second-order valence-corrected chi connectivity index (χ2v) is 9.06. The highest BCUT2D eigenvalue weighted by atomic mass is 32.1. The van der Waals surface area contributed by atoms with Crippen molar-refractivity contribution in [3.63, 3.8) is 0 Å². The lowest BCUT2D eigenvalue weighted by atomic mass is 9.88. The molecule has 0 N–H and O–H groups in total. The third-order valence-corrected chi connectivity index (χ3v) is 7.40. The fraction of sp³-hybridized carbons (Fsp3) is 0.500. The molecule has 0 bridgehead atoms. The van der Waals surface area contributed by atoms with Crippen molar-refractivity contribution >= 4 is 31.6 Å². The first-order valence-electron chi connectivity index (χ1n) is 10.2. The second-order valence-electron chi connectivity index (χ2n) is 8.03. The van der Waals surface area contributed by atoms with Gasteiger partial charge in [-0.15, -0.1) is 11.3 Å². The van der Waals surface area contributed by atoms with Crippen LogP contribution in [-0.2, 0) is 0 Å². The molecule has 2 saturated carbocycles. The number of aromatic nitrogens is 2. The summed E-state index contributed by atoms with van der Waals surface area (Å²) in [5, 5.41) is 0.933. The summed E-state index contributed by atoms with van der Waals surface area (Å²) in [6, 6.07) is 7.78. The van der Waals surface area contributed by atoms with Gasteiger partial charge in [0.25, 0.3) is 5.56 Å². The SMILES string of the molecule is O=c1c2ccccc2sc2nc(C3CCCCC3)n(C3CCCC3)c(=O)c12. The van der Waals surface area contributed by atoms with Crippen LogP contribution >= 0.6 is 11.3 Å². The van der Waals surface area contributed by atoms with E-state index in [4.69, 9.17) is 4.98 Å². The predicted molar refractivity (Wildman–Crippen MR) is 111 cm³/mol. The van der Waals surface area contributed by atoms with Crippen LogP contribution in [0.1, 0.15) is 75.6 Å². The van der Waals surface area contributed by atoms with Gasteiger partial charge in [0, 0.05) is 22.0 Å². The molecule has 0 aliphatic heterocycles. The molecule has 2 fully saturated rings. The van der Waals surface area contributed by atoms with Crippen molar-refractivity contribution in [2.24, 2.45) is 0 Å². The number of nitrogens with zero attached hydrogens (tertiary/aromatic N) is 2. The maximum absolute atomic E-state index is 13.6. The first kappa shape index (κ1) is 17.1. The number of rotatable bonds is 2. The van der Waals surface area contributed by atoms with Gasteiger partial charge in [0.1, 0.15) is 16.0 Å². The molecule has 4 nitrogen and oxygen atoms in total. The summed E-state index contributed by atoms with van der Waals surface area (Å²) in [7, 11) is 0. The van der Waals surface area contributed by atoms with E-state index in [1.807, 2.05) is 28.8 Å². The van der Waals surface area contributed by atoms with Crippen LogP contribution in [0.3, 0.4) is 0 Å². The Kier molecular flexibility index (Phi) is 4.35. The topological polar surface area (TPSA) is 52.0 Å². The lowest BCUT2D eigenvalue weighted by molar-refractivity contribution is 0.386. The fourth-order valence-corrected chi connectivity index (χ4v) is 5.99. The van der Waals surface area contributed by atoms with E-state index in [-0.39, 0.29) is 17.0 Å². The van der Waals surface area contributed by atoms with Crippen LogP contribution in [0.5, 0.6) is 0 Å². The first-order valence-corrected chi connectivity index (χ1v) is 11.0. The molecule has 0 saturated heterocycles. The van der Waals surface area contributed by atoms with E-state index in [0.717, 1.165) is 49.0 Å². The molecule has 27 heavy (non-hydrogen) atoms.